The zero-order valence-corrected chi connectivity index (χ0v) is 16.3. The summed E-state index contributed by atoms with van der Waals surface area (Å²) in [6.45, 7) is 2.11. The molecule has 0 aliphatic rings. The maximum atomic E-state index is 13.4. The van der Waals surface area contributed by atoms with Gasteiger partial charge in [0.25, 0.3) is 0 Å². The van der Waals surface area contributed by atoms with Crippen LogP contribution in [-0.4, -0.2) is 41.1 Å². The van der Waals surface area contributed by atoms with Crippen LogP contribution in [0.25, 0.3) is 0 Å². The highest BCUT2D eigenvalue weighted by Crippen LogP contribution is 2.07. The molecule has 0 atom stereocenters. The summed E-state index contributed by atoms with van der Waals surface area (Å²) in [6.07, 6.45) is 4.63. The first-order valence-electron chi connectivity index (χ1n) is 9.36. The van der Waals surface area contributed by atoms with Crippen LogP contribution in [0.5, 0.6) is 0 Å². The van der Waals surface area contributed by atoms with Gasteiger partial charge in [0.15, 0.2) is 5.96 Å². The van der Waals surface area contributed by atoms with E-state index in [9.17, 15) is 4.39 Å². The number of rotatable bonds is 7. The Labute approximate surface area is 165 Å². The fraction of sp³-hybridized carbons (Fsp3) is 0.273. The highest BCUT2D eigenvalue weighted by atomic mass is 19.1. The molecule has 0 spiro atoms. The van der Waals surface area contributed by atoms with Gasteiger partial charge in [-0.15, -0.1) is 0 Å². The summed E-state index contributed by atoms with van der Waals surface area (Å²) < 4.78 is 15.5. The van der Waals surface area contributed by atoms with Crippen molar-refractivity contribution < 1.29 is 4.39 Å². The number of imidazole rings is 1. The van der Waals surface area contributed by atoms with E-state index in [1.54, 1.807) is 19.2 Å². The SMILES string of the molecule is CN=C(NCCc1nccn1Cc1ccccc1)N(C)Cc1cccc(F)c1. The van der Waals surface area contributed by atoms with Crippen molar-refractivity contribution in [1.82, 2.24) is 19.8 Å². The van der Waals surface area contributed by atoms with Crippen LogP contribution in [0.2, 0.25) is 0 Å². The predicted octanol–water partition coefficient (Wildman–Crippen LogP) is 3.32. The Balaban J connectivity index is 1.53. The number of aliphatic imine (C=N–C) groups is 1. The summed E-state index contributed by atoms with van der Waals surface area (Å²) in [5.74, 6) is 1.57. The maximum absolute atomic E-state index is 13.4. The molecule has 6 heteroatoms. The average molecular weight is 379 g/mol. The van der Waals surface area contributed by atoms with E-state index in [0.29, 0.717) is 13.1 Å². The molecule has 5 nitrogen and oxygen atoms in total. The lowest BCUT2D eigenvalue weighted by Gasteiger charge is -2.22. The summed E-state index contributed by atoms with van der Waals surface area (Å²) in [6, 6.07) is 17.0. The zero-order valence-electron chi connectivity index (χ0n) is 16.3. The zero-order chi connectivity index (χ0) is 19.8. The summed E-state index contributed by atoms with van der Waals surface area (Å²) in [4.78, 5) is 10.8. The largest absolute Gasteiger partial charge is 0.356 e. The molecule has 3 aromatic rings. The van der Waals surface area contributed by atoms with Gasteiger partial charge >= 0.3 is 0 Å². The Hall–Kier alpha value is -3.15. The van der Waals surface area contributed by atoms with E-state index in [4.69, 9.17) is 0 Å². The molecule has 146 valence electrons. The van der Waals surface area contributed by atoms with Gasteiger partial charge in [0.05, 0.1) is 0 Å². The monoisotopic (exact) mass is 379 g/mol. The molecule has 1 N–H and O–H groups in total. The van der Waals surface area contributed by atoms with Crippen molar-refractivity contribution >= 4 is 5.96 Å². The highest BCUT2D eigenvalue weighted by Gasteiger charge is 2.08. The van der Waals surface area contributed by atoms with Crippen LogP contribution in [0, 0.1) is 5.82 Å². The Morgan fingerprint density at radius 1 is 1.14 bits per heavy atom. The number of hydrogen-bond acceptors (Lipinski definition) is 2. The third kappa shape index (κ3) is 5.42. The quantitative estimate of drug-likeness (QED) is 0.506. The number of nitrogens with one attached hydrogen (secondary N) is 1. The van der Waals surface area contributed by atoms with Gasteiger partial charge in [0, 0.05) is 52.5 Å². The first-order chi connectivity index (χ1) is 13.7. The van der Waals surface area contributed by atoms with Gasteiger partial charge in [-0.25, -0.2) is 9.37 Å². The summed E-state index contributed by atoms with van der Waals surface area (Å²) in [5.41, 5.74) is 2.16. The van der Waals surface area contributed by atoms with Crippen molar-refractivity contribution in [3.05, 3.63) is 89.8 Å². The van der Waals surface area contributed by atoms with Crippen LogP contribution >= 0.6 is 0 Å². The summed E-state index contributed by atoms with van der Waals surface area (Å²) >= 11 is 0. The molecule has 0 unspecified atom stereocenters. The van der Waals surface area contributed by atoms with E-state index in [2.05, 4.69) is 32.0 Å². The van der Waals surface area contributed by atoms with Crippen molar-refractivity contribution in [3.63, 3.8) is 0 Å². The van der Waals surface area contributed by atoms with Crippen LogP contribution in [0.3, 0.4) is 0 Å². The standard InChI is InChI=1S/C22H26FN5/c1-24-22(27(2)16-19-9-6-10-20(23)15-19)26-12-11-21-25-13-14-28(21)17-18-7-4-3-5-8-18/h3-10,13-15H,11-12,16-17H2,1-2H3,(H,24,26). The first-order valence-corrected chi connectivity index (χ1v) is 9.36. The van der Waals surface area contributed by atoms with Gasteiger partial charge in [0.2, 0.25) is 0 Å². The van der Waals surface area contributed by atoms with Crippen molar-refractivity contribution in [3.8, 4) is 0 Å². The first kappa shape index (κ1) is 19.6. The topological polar surface area (TPSA) is 45.5 Å². The van der Waals surface area contributed by atoms with Crippen molar-refractivity contribution in [1.29, 1.82) is 0 Å². The van der Waals surface area contributed by atoms with Gasteiger partial charge in [0.1, 0.15) is 11.6 Å². The fourth-order valence-corrected chi connectivity index (χ4v) is 3.15. The van der Waals surface area contributed by atoms with Gasteiger partial charge in [-0.2, -0.15) is 0 Å². The molecule has 2 aromatic carbocycles. The molecule has 0 saturated carbocycles. The van der Waals surface area contributed by atoms with E-state index >= 15 is 0 Å². The molecule has 0 aliphatic heterocycles. The van der Waals surface area contributed by atoms with Crippen molar-refractivity contribution in [2.45, 2.75) is 19.5 Å². The molecule has 0 radical (unpaired) electrons. The van der Waals surface area contributed by atoms with Gasteiger partial charge in [-0.3, -0.25) is 4.99 Å². The fourth-order valence-electron chi connectivity index (χ4n) is 3.15. The third-order valence-corrected chi connectivity index (χ3v) is 4.51. The Kier molecular flexibility index (Phi) is 6.78. The third-order valence-electron chi connectivity index (χ3n) is 4.51. The smallest absolute Gasteiger partial charge is 0.193 e. The number of benzene rings is 2. The second-order valence-corrected chi connectivity index (χ2v) is 6.67. The van der Waals surface area contributed by atoms with E-state index in [-0.39, 0.29) is 5.82 Å². The Morgan fingerprint density at radius 2 is 1.93 bits per heavy atom. The van der Waals surface area contributed by atoms with Crippen LogP contribution in [0.1, 0.15) is 17.0 Å². The van der Waals surface area contributed by atoms with E-state index in [0.717, 1.165) is 30.3 Å². The summed E-state index contributed by atoms with van der Waals surface area (Å²) in [7, 11) is 3.69. The molecular weight excluding hydrogens is 353 g/mol. The van der Waals surface area contributed by atoms with Crippen LogP contribution in [0.4, 0.5) is 4.39 Å². The number of halogens is 1. The Morgan fingerprint density at radius 3 is 2.68 bits per heavy atom. The molecule has 0 amide bonds. The van der Waals surface area contributed by atoms with Gasteiger partial charge < -0.3 is 14.8 Å². The molecule has 0 bridgehead atoms. The number of nitrogens with zero attached hydrogens (tertiary/aromatic N) is 4. The lowest BCUT2D eigenvalue weighted by molar-refractivity contribution is 0.474. The summed E-state index contributed by atoms with van der Waals surface area (Å²) in [5, 5.41) is 3.36. The normalized spacial score (nSPS) is 11.5. The van der Waals surface area contributed by atoms with E-state index in [1.165, 1.54) is 11.6 Å². The molecule has 0 saturated heterocycles. The molecule has 1 aromatic heterocycles. The minimum absolute atomic E-state index is 0.223. The number of hydrogen-bond donors (Lipinski definition) is 1. The van der Waals surface area contributed by atoms with E-state index in [1.807, 2.05) is 48.6 Å². The molecule has 1 heterocycles. The molecule has 0 fully saturated rings. The van der Waals surface area contributed by atoms with Gasteiger partial charge in [-0.1, -0.05) is 42.5 Å². The molecule has 0 aliphatic carbocycles. The molecular formula is C22H26FN5. The Bertz CT molecular complexity index is 904. The maximum Gasteiger partial charge on any atom is 0.193 e. The lowest BCUT2D eigenvalue weighted by Crippen LogP contribution is -2.39. The van der Waals surface area contributed by atoms with Crippen LogP contribution in [-0.2, 0) is 19.5 Å². The highest BCUT2D eigenvalue weighted by molar-refractivity contribution is 5.79. The van der Waals surface area contributed by atoms with Crippen LogP contribution in [0.15, 0.2) is 72.0 Å². The van der Waals surface area contributed by atoms with E-state index < -0.39 is 0 Å². The number of guanidine groups is 1. The minimum Gasteiger partial charge on any atom is -0.356 e. The van der Waals surface area contributed by atoms with Crippen LogP contribution < -0.4 is 5.32 Å². The lowest BCUT2D eigenvalue weighted by atomic mass is 10.2. The van der Waals surface area contributed by atoms with Gasteiger partial charge in [-0.05, 0) is 23.3 Å². The number of aromatic nitrogens is 2. The van der Waals surface area contributed by atoms with Crippen molar-refractivity contribution in [2.75, 3.05) is 20.6 Å². The molecule has 3 rings (SSSR count). The second kappa shape index (κ2) is 9.69. The predicted molar refractivity (Wildman–Crippen MR) is 111 cm³/mol. The molecule has 28 heavy (non-hydrogen) atoms. The minimum atomic E-state index is -0.223. The second-order valence-electron chi connectivity index (χ2n) is 6.67. The van der Waals surface area contributed by atoms with Crippen molar-refractivity contribution in [2.24, 2.45) is 4.99 Å². The average Bonchev–Trinajstić information content (AvgIpc) is 3.13.